The number of hydrogen-bond acceptors (Lipinski definition) is 6. The number of hydrogen-bond donors (Lipinski definition) is 2. The van der Waals surface area contributed by atoms with E-state index in [1.807, 2.05) is 6.07 Å². The molecule has 0 bridgehead atoms. The van der Waals surface area contributed by atoms with E-state index in [1.54, 1.807) is 29.0 Å². The predicted molar refractivity (Wildman–Crippen MR) is 144 cm³/mol. The summed E-state index contributed by atoms with van der Waals surface area (Å²) in [5.41, 5.74) is 6.32. The first-order valence-electron chi connectivity index (χ1n) is 13.3. The third-order valence-electron chi connectivity index (χ3n) is 6.41. The smallest absolute Gasteiger partial charge is 0.415 e. The summed E-state index contributed by atoms with van der Waals surface area (Å²) in [4.78, 5) is 40.4. The van der Waals surface area contributed by atoms with Gasteiger partial charge in [0.05, 0.1) is 19.7 Å². The lowest BCUT2D eigenvalue weighted by atomic mass is 10.0. The number of allylic oxidation sites excluding steroid dienone is 2. The fourth-order valence-corrected chi connectivity index (χ4v) is 4.27. The fraction of sp³-hybridized carbons (Fsp3) is 0.607. The van der Waals surface area contributed by atoms with Crippen LogP contribution in [0.15, 0.2) is 30.4 Å². The van der Waals surface area contributed by atoms with Crippen molar-refractivity contribution in [3.63, 3.8) is 0 Å². The van der Waals surface area contributed by atoms with Crippen molar-refractivity contribution in [1.29, 1.82) is 0 Å². The number of nitrogens with one attached hydrogen (secondary N) is 1. The van der Waals surface area contributed by atoms with E-state index in [-0.39, 0.29) is 24.4 Å². The fourth-order valence-electron chi connectivity index (χ4n) is 4.27. The van der Waals surface area contributed by atoms with Gasteiger partial charge in [-0.1, -0.05) is 32.1 Å². The Kier molecular flexibility index (Phi) is 13.0. The highest BCUT2D eigenvalue weighted by molar-refractivity contribution is 5.78. The van der Waals surface area contributed by atoms with Gasteiger partial charge in [-0.05, 0) is 62.1 Å². The van der Waals surface area contributed by atoms with Gasteiger partial charge < -0.3 is 30.3 Å². The third kappa shape index (κ3) is 10.4. The van der Waals surface area contributed by atoms with Crippen molar-refractivity contribution in [1.82, 2.24) is 15.1 Å². The first-order chi connectivity index (χ1) is 17.7. The van der Waals surface area contributed by atoms with E-state index in [0.29, 0.717) is 43.5 Å². The molecule has 9 nitrogen and oxygen atoms in total. The number of rotatable bonds is 13. The van der Waals surface area contributed by atoms with E-state index in [0.717, 1.165) is 44.1 Å². The standard InChI is InChI=1S/C28H44N4O5/c1-21(2)11-7-5-6-8-13-26(33)30-19-22-14-15-24(25(17-22)36-4)37-28(35)32-16-10-9-12-23(32)20-31(3)27(34)18-29/h7,11,14-15,17,21,23H,5-6,8-10,12-13,16,18-20,29H2,1-4H3,(H,30,33)/b11-7+. The first-order valence-corrected chi connectivity index (χ1v) is 13.3. The molecule has 0 radical (unpaired) electrons. The topological polar surface area (TPSA) is 114 Å². The molecule has 1 unspecified atom stereocenters. The zero-order valence-electron chi connectivity index (χ0n) is 22.8. The number of nitrogens with zero attached hydrogens (tertiary/aromatic N) is 2. The van der Waals surface area contributed by atoms with Crippen LogP contribution in [-0.2, 0) is 16.1 Å². The molecular weight excluding hydrogens is 472 g/mol. The second-order valence-electron chi connectivity index (χ2n) is 9.87. The van der Waals surface area contributed by atoms with E-state index >= 15 is 0 Å². The molecule has 2 rings (SSSR count). The zero-order chi connectivity index (χ0) is 27.2. The van der Waals surface area contributed by atoms with Crippen LogP contribution >= 0.6 is 0 Å². The normalized spacial score (nSPS) is 15.6. The van der Waals surface area contributed by atoms with Crippen molar-refractivity contribution in [3.05, 3.63) is 35.9 Å². The Morgan fingerprint density at radius 1 is 1.22 bits per heavy atom. The Hall–Kier alpha value is -3.07. The maximum Gasteiger partial charge on any atom is 0.415 e. The molecule has 0 spiro atoms. The lowest BCUT2D eigenvalue weighted by Gasteiger charge is -2.37. The number of piperidine rings is 1. The van der Waals surface area contributed by atoms with Crippen LogP contribution in [0, 0.1) is 5.92 Å². The highest BCUT2D eigenvalue weighted by atomic mass is 16.6. The number of carbonyl (C=O) groups excluding carboxylic acids is 3. The van der Waals surface area contributed by atoms with Crippen LogP contribution in [0.2, 0.25) is 0 Å². The Labute approximate surface area is 221 Å². The minimum Gasteiger partial charge on any atom is -0.493 e. The molecule has 0 saturated carbocycles. The molecule has 1 aliphatic heterocycles. The van der Waals surface area contributed by atoms with Gasteiger partial charge in [0.2, 0.25) is 11.8 Å². The average molecular weight is 517 g/mol. The highest BCUT2D eigenvalue weighted by Gasteiger charge is 2.30. The second kappa shape index (κ2) is 15.9. The lowest BCUT2D eigenvalue weighted by molar-refractivity contribution is -0.129. The number of carbonyl (C=O) groups is 3. The number of nitrogens with two attached hydrogens (primary N) is 1. The molecule has 9 heteroatoms. The van der Waals surface area contributed by atoms with E-state index in [2.05, 4.69) is 31.3 Å². The highest BCUT2D eigenvalue weighted by Crippen LogP contribution is 2.29. The van der Waals surface area contributed by atoms with Gasteiger partial charge in [0.15, 0.2) is 11.5 Å². The second-order valence-corrected chi connectivity index (χ2v) is 9.87. The van der Waals surface area contributed by atoms with Crippen LogP contribution in [0.4, 0.5) is 4.79 Å². The molecule has 1 saturated heterocycles. The van der Waals surface area contributed by atoms with Crippen molar-refractivity contribution in [2.24, 2.45) is 11.7 Å². The number of ether oxygens (including phenoxy) is 2. The number of unbranched alkanes of at least 4 members (excludes halogenated alkanes) is 2. The largest absolute Gasteiger partial charge is 0.493 e. The van der Waals surface area contributed by atoms with Gasteiger partial charge in [-0.3, -0.25) is 9.59 Å². The van der Waals surface area contributed by atoms with Crippen LogP contribution in [0.25, 0.3) is 0 Å². The molecule has 3 N–H and O–H groups in total. The summed E-state index contributed by atoms with van der Waals surface area (Å²) in [7, 11) is 3.21. The molecule has 1 aliphatic rings. The summed E-state index contributed by atoms with van der Waals surface area (Å²) >= 11 is 0. The average Bonchev–Trinajstić information content (AvgIpc) is 2.89. The van der Waals surface area contributed by atoms with E-state index < -0.39 is 6.09 Å². The maximum atomic E-state index is 13.0. The lowest BCUT2D eigenvalue weighted by Crippen LogP contribution is -2.51. The van der Waals surface area contributed by atoms with Crippen LogP contribution in [0.3, 0.4) is 0 Å². The molecule has 0 aliphatic carbocycles. The first kappa shape index (κ1) is 30.2. The van der Waals surface area contributed by atoms with Gasteiger partial charge in [-0.25, -0.2) is 4.79 Å². The summed E-state index contributed by atoms with van der Waals surface area (Å²) < 4.78 is 11.2. The molecule has 1 aromatic carbocycles. The van der Waals surface area contributed by atoms with Crippen molar-refractivity contribution < 1.29 is 23.9 Å². The molecule has 37 heavy (non-hydrogen) atoms. The Morgan fingerprint density at radius 3 is 2.70 bits per heavy atom. The van der Waals surface area contributed by atoms with Crippen molar-refractivity contribution in [2.45, 2.75) is 71.4 Å². The molecule has 1 atom stereocenters. The van der Waals surface area contributed by atoms with Crippen molar-refractivity contribution >= 4 is 17.9 Å². The zero-order valence-corrected chi connectivity index (χ0v) is 22.8. The summed E-state index contributed by atoms with van der Waals surface area (Å²) in [5.74, 6) is 1.13. The molecule has 1 fully saturated rings. The summed E-state index contributed by atoms with van der Waals surface area (Å²) in [6, 6.07) is 5.13. The van der Waals surface area contributed by atoms with Crippen LogP contribution in [-0.4, -0.2) is 67.5 Å². The number of amides is 3. The van der Waals surface area contributed by atoms with Crippen LogP contribution in [0.5, 0.6) is 11.5 Å². The number of likely N-dealkylation sites (tertiary alicyclic amines) is 1. The van der Waals surface area contributed by atoms with Crippen molar-refractivity contribution in [2.75, 3.05) is 33.8 Å². The van der Waals surface area contributed by atoms with Crippen molar-refractivity contribution in [3.8, 4) is 11.5 Å². The van der Waals surface area contributed by atoms with Gasteiger partial charge in [0.1, 0.15) is 0 Å². The van der Waals surface area contributed by atoms with Gasteiger partial charge >= 0.3 is 6.09 Å². The number of benzene rings is 1. The Morgan fingerprint density at radius 2 is 2.00 bits per heavy atom. The monoisotopic (exact) mass is 516 g/mol. The van der Waals surface area contributed by atoms with Gasteiger partial charge in [0, 0.05) is 33.1 Å². The van der Waals surface area contributed by atoms with E-state index in [4.69, 9.17) is 15.2 Å². The van der Waals surface area contributed by atoms with Gasteiger partial charge in [0.25, 0.3) is 0 Å². The number of methoxy groups -OCH3 is 1. The van der Waals surface area contributed by atoms with Gasteiger partial charge in [-0.15, -0.1) is 0 Å². The molecule has 1 aromatic rings. The molecule has 0 aromatic heterocycles. The Balaban J connectivity index is 1.89. The summed E-state index contributed by atoms with van der Waals surface area (Å²) in [6.45, 7) is 5.58. The minimum atomic E-state index is -0.471. The summed E-state index contributed by atoms with van der Waals surface area (Å²) in [5, 5.41) is 2.94. The predicted octanol–water partition coefficient (Wildman–Crippen LogP) is 3.85. The quantitative estimate of drug-likeness (QED) is 0.304. The minimum absolute atomic E-state index is 0.0107. The molecule has 3 amide bonds. The van der Waals surface area contributed by atoms with E-state index in [1.165, 1.54) is 7.11 Å². The number of likely N-dealkylation sites (N-methyl/N-ethyl adjacent to an activating group) is 1. The van der Waals surface area contributed by atoms with Crippen LogP contribution in [0.1, 0.15) is 64.4 Å². The van der Waals surface area contributed by atoms with Gasteiger partial charge in [-0.2, -0.15) is 0 Å². The van der Waals surface area contributed by atoms with E-state index in [9.17, 15) is 14.4 Å². The molecule has 1 heterocycles. The van der Waals surface area contributed by atoms with Crippen LogP contribution < -0.4 is 20.5 Å². The third-order valence-corrected chi connectivity index (χ3v) is 6.41. The maximum absolute atomic E-state index is 13.0. The molecule has 206 valence electrons. The SMILES string of the molecule is COc1cc(CNC(=O)CCCC/C=C/C(C)C)ccc1OC(=O)N1CCCCC1CN(C)C(=O)CN. The Bertz CT molecular complexity index is 918. The summed E-state index contributed by atoms with van der Waals surface area (Å²) in [6.07, 6.45) is 9.86. The molecular formula is C28H44N4O5.